The van der Waals surface area contributed by atoms with Gasteiger partial charge in [0.15, 0.2) is 0 Å². The maximum absolute atomic E-state index is 11.5. The molecule has 0 heterocycles. The molecule has 0 aromatic heterocycles. The van der Waals surface area contributed by atoms with Gasteiger partial charge in [0.25, 0.3) is 0 Å². The van der Waals surface area contributed by atoms with Crippen molar-refractivity contribution in [3.63, 3.8) is 0 Å². The van der Waals surface area contributed by atoms with E-state index in [1.165, 1.54) is 32.1 Å². The Bertz CT molecular complexity index is 414. The summed E-state index contributed by atoms with van der Waals surface area (Å²) >= 11 is 0. The van der Waals surface area contributed by atoms with Gasteiger partial charge in [-0.2, -0.15) is 0 Å². The van der Waals surface area contributed by atoms with Gasteiger partial charge in [-0.1, -0.05) is 0 Å². The highest BCUT2D eigenvalue weighted by molar-refractivity contribution is 5.90. The lowest BCUT2D eigenvalue weighted by molar-refractivity contribution is -0.266. The Kier molecular flexibility index (Phi) is 3.72. The van der Waals surface area contributed by atoms with Crippen LogP contribution in [0, 0.1) is 23.7 Å². The normalized spacial score (nSPS) is 37.5. The van der Waals surface area contributed by atoms with E-state index in [0.717, 1.165) is 11.8 Å². The summed E-state index contributed by atoms with van der Waals surface area (Å²) < 4.78 is 11.3. The fourth-order valence-corrected chi connectivity index (χ4v) is 4.85. The molecule has 4 bridgehead atoms. The molecular weight excluding hydrogens is 272 g/mol. The van der Waals surface area contributed by atoms with Gasteiger partial charge in [-0.05, 0) is 55.8 Å². The summed E-state index contributed by atoms with van der Waals surface area (Å²) in [6.45, 7) is 3.41. The van der Waals surface area contributed by atoms with Crippen molar-refractivity contribution in [2.45, 2.75) is 64.3 Å². The summed E-state index contributed by atoms with van der Waals surface area (Å²) in [6, 6.07) is 0. The van der Waals surface area contributed by atoms with Crippen molar-refractivity contribution in [1.29, 1.82) is 0 Å². The Hall–Kier alpha value is -1.10. The Balaban J connectivity index is 1.60. The Labute approximate surface area is 125 Å². The van der Waals surface area contributed by atoms with Crippen molar-refractivity contribution in [2.24, 2.45) is 23.7 Å². The lowest BCUT2D eigenvalue weighted by Crippen LogP contribution is -2.52. The molecule has 0 aromatic carbocycles. The second kappa shape index (κ2) is 5.27. The van der Waals surface area contributed by atoms with Crippen LogP contribution in [0.2, 0.25) is 0 Å². The minimum atomic E-state index is -1.18. The average Bonchev–Trinajstić information content (AvgIpc) is 2.30. The largest absolute Gasteiger partial charge is 0.481 e. The van der Waals surface area contributed by atoms with Gasteiger partial charge in [0, 0.05) is 13.8 Å². The summed E-state index contributed by atoms with van der Waals surface area (Å²) in [4.78, 5) is 22.1. The maximum Gasteiger partial charge on any atom is 0.319 e. The summed E-state index contributed by atoms with van der Waals surface area (Å²) in [5.41, 5.74) is 0. The summed E-state index contributed by atoms with van der Waals surface area (Å²) in [7, 11) is 0. The average molecular weight is 296 g/mol. The molecule has 4 rings (SSSR count). The van der Waals surface area contributed by atoms with Crippen LogP contribution < -0.4 is 0 Å². The maximum atomic E-state index is 11.5. The first kappa shape index (κ1) is 14.8. The molecule has 4 saturated carbocycles. The standard InChI is InChI=1S/C16H24O5/c1-16(2,20-14(19)8-13(17)18)21-15-11-4-9-3-10(6-11)7-12(15)5-9/h9-12,15H,3-8H2,1-2H3,(H,17,18). The van der Waals surface area contributed by atoms with Crippen molar-refractivity contribution < 1.29 is 24.2 Å². The second-order valence-electron chi connectivity index (χ2n) is 7.46. The quantitative estimate of drug-likeness (QED) is 0.479. The number of aliphatic carboxylic acids is 1. The van der Waals surface area contributed by atoms with Crippen LogP contribution in [0.25, 0.3) is 0 Å². The Morgan fingerprint density at radius 3 is 2.05 bits per heavy atom. The number of carbonyl (C=O) groups is 2. The summed E-state index contributed by atoms with van der Waals surface area (Å²) in [6.07, 6.45) is 5.86. The topological polar surface area (TPSA) is 72.8 Å². The molecule has 0 unspecified atom stereocenters. The molecule has 0 aliphatic heterocycles. The van der Waals surface area contributed by atoms with E-state index in [0.29, 0.717) is 11.8 Å². The molecule has 5 nitrogen and oxygen atoms in total. The van der Waals surface area contributed by atoms with Gasteiger partial charge in [0.1, 0.15) is 6.42 Å². The highest BCUT2D eigenvalue weighted by Gasteiger charge is 2.50. The van der Waals surface area contributed by atoms with Crippen LogP contribution in [0.4, 0.5) is 0 Å². The zero-order valence-electron chi connectivity index (χ0n) is 12.7. The number of rotatable bonds is 5. The van der Waals surface area contributed by atoms with E-state index in [1.54, 1.807) is 13.8 Å². The zero-order valence-corrected chi connectivity index (χ0v) is 12.7. The molecule has 4 aliphatic rings. The van der Waals surface area contributed by atoms with Gasteiger partial charge >= 0.3 is 11.9 Å². The molecule has 1 N–H and O–H groups in total. The Morgan fingerprint density at radius 2 is 1.57 bits per heavy atom. The van der Waals surface area contributed by atoms with Gasteiger partial charge in [0.2, 0.25) is 5.79 Å². The highest BCUT2D eigenvalue weighted by Crippen LogP contribution is 2.55. The van der Waals surface area contributed by atoms with Crippen LogP contribution in [0.15, 0.2) is 0 Å². The van der Waals surface area contributed by atoms with E-state index in [4.69, 9.17) is 14.6 Å². The molecular formula is C16H24O5. The van der Waals surface area contributed by atoms with E-state index in [1.807, 2.05) is 0 Å². The SMILES string of the molecule is CC(C)(OC(=O)CC(=O)O)OC1C2CC3CC(C2)CC1C3. The number of hydrogen-bond acceptors (Lipinski definition) is 4. The first-order valence-corrected chi connectivity index (χ1v) is 7.94. The van der Waals surface area contributed by atoms with Crippen molar-refractivity contribution in [3.8, 4) is 0 Å². The van der Waals surface area contributed by atoms with Crippen molar-refractivity contribution in [1.82, 2.24) is 0 Å². The van der Waals surface area contributed by atoms with Gasteiger partial charge in [-0.3, -0.25) is 9.59 Å². The fraction of sp³-hybridized carbons (Fsp3) is 0.875. The Morgan fingerprint density at radius 1 is 1.05 bits per heavy atom. The monoisotopic (exact) mass is 296 g/mol. The molecule has 0 spiro atoms. The molecule has 0 atom stereocenters. The molecule has 0 aromatic rings. The van der Waals surface area contributed by atoms with Crippen molar-refractivity contribution >= 4 is 11.9 Å². The molecule has 118 valence electrons. The number of carbonyl (C=O) groups excluding carboxylic acids is 1. The number of carboxylic acids is 1. The molecule has 0 amide bonds. The fourth-order valence-electron chi connectivity index (χ4n) is 4.85. The van der Waals surface area contributed by atoms with Crippen LogP contribution in [-0.2, 0) is 19.1 Å². The second-order valence-corrected chi connectivity index (χ2v) is 7.46. The first-order chi connectivity index (χ1) is 9.82. The van der Waals surface area contributed by atoms with E-state index in [9.17, 15) is 9.59 Å². The van der Waals surface area contributed by atoms with Gasteiger partial charge in [-0.25, -0.2) is 0 Å². The van der Waals surface area contributed by atoms with Crippen molar-refractivity contribution in [3.05, 3.63) is 0 Å². The van der Waals surface area contributed by atoms with Crippen LogP contribution >= 0.6 is 0 Å². The predicted molar refractivity (Wildman–Crippen MR) is 74.3 cm³/mol. The highest BCUT2D eigenvalue weighted by atomic mass is 16.7. The van der Waals surface area contributed by atoms with Gasteiger partial charge < -0.3 is 14.6 Å². The number of hydrogen-bond donors (Lipinski definition) is 1. The zero-order chi connectivity index (χ0) is 15.2. The van der Waals surface area contributed by atoms with Gasteiger partial charge in [0.05, 0.1) is 6.10 Å². The van der Waals surface area contributed by atoms with Crippen LogP contribution in [-0.4, -0.2) is 28.9 Å². The number of ether oxygens (including phenoxy) is 2. The smallest absolute Gasteiger partial charge is 0.319 e. The van der Waals surface area contributed by atoms with E-state index in [-0.39, 0.29) is 6.10 Å². The molecule has 0 radical (unpaired) electrons. The van der Waals surface area contributed by atoms with Crippen LogP contribution in [0.5, 0.6) is 0 Å². The predicted octanol–water partition coefficient (Wildman–Crippen LogP) is 2.58. The van der Waals surface area contributed by atoms with E-state index in [2.05, 4.69) is 0 Å². The first-order valence-electron chi connectivity index (χ1n) is 7.94. The molecule has 21 heavy (non-hydrogen) atoms. The van der Waals surface area contributed by atoms with Crippen molar-refractivity contribution in [2.75, 3.05) is 0 Å². The number of esters is 1. The lowest BCUT2D eigenvalue weighted by atomic mass is 9.55. The van der Waals surface area contributed by atoms with E-state index >= 15 is 0 Å². The summed E-state index contributed by atoms with van der Waals surface area (Å²) in [5, 5.41) is 8.63. The molecule has 0 saturated heterocycles. The molecule has 4 fully saturated rings. The number of carboxylic acid groups (broad SMARTS) is 1. The third kappa shape index (κ3) is 3.23. The molecule has 4 aliphatic carbocycles. The van der Waals surface area contributed by atoms with Crippen LogP contribution in [0.3, 0.4) is 0 Å². The molecule has 5 heteroatoms. The lowest BCUT2D eigenvalue weighted by Gasteiger charge is -2.55. The summed E-state index contributed by atoms with van der Waals surface area (Å²) in [5.74, 6) is -0.0683. The third-order valence-electron chi connectivity index (χ3n) is 5.22. The third-order valence-corrected chi connectivity index (χ3v) is 5.22. The minimum Gasteiger partial charge on any atom is -0.481 e. The van der Waals surface area contributed by atoms with Crippen LogP contribution in [0.1, 0.15) is 52.4 Å². The van der Waals surface area contributed by atoms with Gasteiger partial charge in [-0.15, -0.1) is 0 Å². The van der Waals surface area contributed by atoms with E-state index < -0.39 is 24.1 Å². The minimum absolute atomic E-state index is 0.158.